The maximum Gasteiger partial charge on any atom is 0.253 e. The number of anilines is 5. The molecule has 0 unspecified atom stereocenters. The van der Waals surface area contributed by atoms with Crippen LogP contribution >= 0.6 is 11.6 Å². The van der Waals surface area contributed by atoms with E-state index in [0.717, 1.165) is 43.4 Å². The number of amides is 1. The van der Waals surface area contributed by atoms with E-state index < -0.39 is 0 Å². The Balaban J connectivity index is 1.56. The average Bonchev–Trinajstić information content (AvgIpc) is 3.17. The Morgan fingerprint density at radius 1 is 1.11 bits per heavy atom. The first kappa shape index (κ1) is 24.8. The Morgan fingerprint density at radius 2 is 1.89 bits per heavy atom. The summed E-state index contributed by atoms with van der Waals surface area (Å²) in [6.07, 6.45) is 1.56. The van der Waals surface area contributed by atoms with E-state index in [1.165, 1.54) is 0 Å². The molecule has 4 N–H and O–H groups in total. The smallest absolute Gasteiger partial charge is 0.253 e. The highest BCUT2D eigenvalue weighted by Crippen LogP contribution is 2.32. The third-order valence-electron chi connectivity index (χ3n) is 6.01. The minimum Gasteiger partial charge on any atom is -0.395 e. The molecule has 10 nitrogen and oxygen atoms in total. The van der Waals surface area contributed by atoms with Gasteiger partial charge < -0.3 is 26.0 Å². The Labute approximate surface area is 209 Å². The number of rotatable bonds is 8. The van der Waals surface area contributed by atoms with Crippen LogP contribution in [0.25, 0.3) is 0 Å². The van der Waals surface area contributed by atoms with Crippen LogP contribution in [0, 0.1) is 6.92 Å². The zero-order valence-corrected chi connectivity index (χ0v) is 20.9. The number of aliphatic hydroxyl groups excluding tert-OH is 1. The summed E-state index contributed by atoms with van der Waals surface area (Å²) in [6.45, 7) is 6.17. The van der Waals surface area contributed by atoms with Crippen LogP contribution in [0.5, 0.6) is 0 Å². The third-order valence-corrected chi connectivity index (χ3v) is 6.31. The molecule has 1 fully saturated rings. The van der Waals surface area contributed by atoms with Crippen molar-refractivity contribution in [3.63, 3.8) is 0 Å². The molecule has 35 heavy (non-hydrogen) atoms. The van der Waals surface area contributed by atoms with Gasteiger partial charge in [-0.3, -0.25) is 14.4 Å². The SMILES string of the molecule is CNC(=O)c1cc(N2CCN(CCO)CC2)ccc1Nc1cc(Nc2cc(C)nn2C)ncc1Cl. The lowest BCUT2D eigenvalue weighted by Gasteiger charge is -2.36. The molecule has 0 aliphatic carbocycles. The molecular formula is C24H31ClN8O2. The van der Waals surface area contributed by atoms with E-state index >= 15 is 0 Å². The van der Waals surface area contributed by atoms with Crippen LogP contribution in [0.1, 0.15) is 16.1 Å². The van der Waals surface area contributed by atoms with Crippen molar-refractivity contribution in [1.29, 1.82) is 0 Å². The van der Waals surface area contributed by atoms with E-state index in [9.17, 15) is 9.90 Å². The second-order valence-corrected chi connectivity index (χ2v) is 8.86. The number of halogens is 1. The van der Waals surface area contributed by atoms with E-state index in [2.05, 4.69) is 35.8 Å². The van der Waals surface area contributed by atoms with Crippen LogP contribution in [0.4, 0.5) is 28.7 Å². The summed E-state index contributed by atoms with van der Waals surface area (Å²) < 4.78 is 1.74. The molecule has 11 heteroatoms. The van der Waals surface area contributed by atoms with E-state index in [1.807, 2.05) is 38.2 Å². The number of piperazine rings is 1. The Kier molecular flexibility index (Phi) is 7.74. The standard InChI is InChI=1S/C24H31ClN8O2/c1-16-12-23(31(3)30-16)29-22-14-21(19(25)15-27-22)28-20-5-4-17(13-18(20)24(35)26-2)33-8-6-32(7-9-33)10-11-34/h4-5,12-15,34H,6-11H2,1-3H3,(H,26,35)(H2,27,28,29). The third kappa shape index (κ3) is 5.84. The molecular weight excluding hydrogens is 468 g/mol. The number of hydrogen-bond donors (Lipinski definition) is 4. The molecule has 1 aliphatic heterocycles. The van der Waals surface area contributed by atoms with Gasteiger partial charge in [0, 0.05) is 64.6 Å². The second-order valence-electron chi connectivity index (χ2n) is 8.46. The van der Waals surface area contributed by atoms with Crippen molar-refractivity contribution >= 4 is 46.2 Å². The van der Waals surface area contributed by atoms with Gasteiger partial charge in [-0.2, -0.15) is 5.10 Å². The first-order valence-electron chi connectivity index (χ1n) is 11.5. The van der Waals surface area contributed by atoms with Gasteiger partial charge in [-0.25, -0.2) is 4.98 Å². The van der Waals surface area contributed by atoms with Gasteiger partial charge in [0.25, 0.3) is 5.91 Å². The Hall–Kier alpha value is -3.34. The summed E-state index contributed by atoms with van der Waals surface area (Å²) >= 11 is 6.44. The summed E-state index contributed by atoms with van der Waals surface area (Å²) in [7, 11) is 3.47. The van der Waals surface area contributed by atoms with Crippen LogP contribution in [0.15, 0.2) is 36.5 Å². The summed E-state index contributed by atoms with van der Waals surface area (Å²) in [4.78, 5) is 21.6. The maximum absolute atomic E-state index is 12.8. The number of pyridine rings is 1. The lowest BCUT2D eigenvalue weighted by molar-refractivity contribution is 0.0964. The summed E-state index contributed by atoms with van der Waals surface area (Å²) in [5.41, 5.74) is 3.66. The first-order chi connectivity index (χ1) is 16.9. The van der Waals surface area contributed by atoms with Gasteiger partial charge in [-0.15, -0.1) is 0 Å². The highest BCUT2D eigenvalue weighted by atomic mass is 35.5. The fourth-order valence-electron chi connectivity index (χ4n) is 4.14. The molecule has 3 aromatic rings. The van der Waals surface area contributed by atoms with Gasteiger partial charge in [0.05, 0.1) is 40.5 Å². The van der Waals surface area contributed by atoms with Gasteiger partial charge in [0.2, 0.25) is 0 Å². The van der Waals surface area contributed by atoms with Gasteiger partial charge in [0.1, 0.15) is 11.6 Å². The highest BCUT2D eigenvalue weighted by Gasteiger charge is 2.20. The lowest BCUT2D eigenvalue weighted by atomic mass is 10.1. The lowest BCUT2D eigenvalue weighted by Crippen LogP contribution is -2.47. The number of β-amino-alcohol motifs (C(OH)–C–C–N with tert-alkyl or cyclic N) is 1. The second kappa shape index (κ2) is 10.9. The fraction of sp³-hybridized carbons (Fsp3) is 0.375. The molecule has 1 aromatic carbocycles. The van der Waals surface area contributed by atoms with Gasteiger partial charge >= 0.3 is 0 Å². The monoisotopic (exact) mass is 498 g/mol. The number of benzene rings is 1. The van der Waals surface area contributed by atoms with E-state index in [0.29, 0.717) is 34.3 Å². The predicted octanol–water partition coefficient (Wildman–Crippen LogP) is 2.74. The fourth-order valence-corrected chi connectivity index (χ4v) is 4.29. The molecule has 0 spiro atoms. The minimum absolute atomic E-state index is 0.164. The number of aromatic nitrogens is 3. The molecule has 0 saturated carbocycles. The number of nitrogens with one attached hydrogen (secondary N) is 3. The van der Waals surface area contributed by atoms with Crippen LogP contribution in [0.2, 0.25) is 5.02 Å². The van der Waals surface area contributed by atoms with Crippen LogP contribution < -0.4 is 20.9 Å². The topological polar surface area (TPSA) is 111 Å². The number of hydrogen-bond acceptors (Lipinski definition) is 8. The van der Waals surface area contributed by atoms with Crippen molar-refractivity contribution in [2.75, 3.05) is 61.9 Å². The van der Waals surface area contributed by atoms with E-state index in [-0.39, 0.29) is 12.5 Å². The quantitative estimate of drug-likeness (QED) is 0.375. The molecule has 2 aromatic heterocycles. The zero-order valence-electron chi connectivity index (χ0n) is 20.2. The predicted molar refractivity (Wildman–Crippen MR) is 139 cm³/mol. The summed E-state index contributed by atoms with van der Waals surface area (Å²) in [6, 6.07) is 9.52. The molecule has 4 rings (SSSR count). The normalized spacial score (nSPS) is 14.1. The molecule has 0 radical (unpaired) electrons. The average molecular weight is 499 g/mol. The number of carbonyl (C=O) groups excluding carboxylic acids is 1. The maximum atomic E-state index is 12.8. The molecule has 1 amide bonds. The van der Waals surface area contributed by atoms with Crippen LogP contribution in [0.3, 0.4) is 0 Å². The molecule has 1 saturated heterocycles. The molecule has 3 heterocycles. The summed E-state index contributed by atoms with van der Waals surface area (Å²) in [5, 5.41) is 23.2. The molecule has 0 bridgehead atoms. The molecule has 1 aliphatic rings. The number of carbonyl (C=O) groups is 1. The zero-order chi connectivity index (χ0) is 24.9. The van der Waals surface area contributed by atoms with Crippen LogP contribution in [-0.2, 0) is 7.05 Å². The van der Waals surface area contributed by atoms with Gasteiger partial charge in [-0.05, 0) is 25.1 Å². The van der Waals surface area contributed by atoms with Crippen molar-refractivity contribution in [2.24, 2.45) is 7.05 Å². The number of aliphatic hydroxyl groups is 1. The largest absolute Gasteiger partial charge is 0.395 e. The summed E-state index contributed by atoms with van der Waals surface area (Å²) in [5.74, 6) is 1.21. The number of aryl methyl sites for hydroxylation is 2. The van der Waals surface area contributed by atoms with Crippen molar-refractivity contribution in [3.05, 3.63) is 52.8 Å². The van der Waals surface area contributed by atoms with Crippen molar-refractivity contribution in [1.82, 2.24) is 25.0 Å². The molecule has 186 valence electrons. The highest BCUT2D eigenvalue weighted by molar-refractivity contribution is 6.33. The van der Waals surface area contributed by atoms with E-state index in [4.69, 9.17) is 11.6 Å². The van der Waals surface area contributed by atoms with Gasteiger partial charge in [0.15, 0.2) is 0 Å². The van der Waals surface area contributed by atoms with Crippen molar-refractivity contribution < 1.29 is 9.90 Å². The van der Waals surface area contributed by atoms with Gasteiger partial charge in [-0.1, -0.05) is 11.6 Å². The Bertz CT molecular complexity index is 1190. The van der Waals surface area contributed by atoms with Crippen molar-refractivity contribution in [3.8, 4) is 0 Å². The first-order valence-corrected chi connectivity index (χ1v) is 11.9. The van der Waals surface area contributed by atoms with E-state index in [1.54, 1.807) is 24.0 Å². The Morgan fingerprint density at radius 3 is 2.54 bits per heavy atom. The minimum atomic E-state index is -0.192. The van der Waals surface area contributed by atoms with Crippen molar-refractivity contribution in [2.45, 2.75) is 6.92 Å². The molecule has 0 atom stereocenters. The van der Waals surface area contributed by atoms with Crippen LogP contribution in [-0.4, -0.2) is 77.1 Å². The number of nitrogens with zero attached hydrogens (tertiary/aromatic N) is 5.